The molecule has 0 aromatic heterocycles. The van der Waals surface area contributed by atoms with Crippen molar-refractivity contribution in [2.75, 3.05) is 25.9 Å². The monoisotopic (exact) mass is 380 g/mol. The van der Waals surface area contributed by atoms with Gasteiger partial charge in [-0.2, -0.15) is 0 Å². The Hall–Kier alpha value is -1.40. The first-order valence-corrected chi connectivity index (χ1v) is 11.5. The molecule has 5 nitrogen and oxygen atoms in total. The maximum atomic E-state index is 12.5. The van der Waals surface area contributed by atoms with Crippen molar-refractivity contribution >= 4 is 15.7 Å². The van der Waals surface area contributed by atoms with Gasteiger partial charge in [-0.25, -0.2) is 8.42 Å². The second kappa shape index (κ2) is 9.00. The van der Waals surface area contributed by atoms with E-state index >= 15 is 0 Å². The molecule has 1 saturated heterocycles. The Morgan fingerprint density at radius 1 is 1.27 bits per heavy atom. The van der Waals surface area contributed by atoms with Crippen LogP contribution in [0.25, 0.3) is 0 Å². The van der Waals surface area contributed by atoms with Gasteiger partial charge in [0.25, 0.3) is 5.91 Å². The predicted molar refractivity (Wildman–Crippen MR) is 106 cm³/mol. The van der Waals surface area contributed by atoms with Gasteiger partial charge in [-0.1, -0.05) is 32.9 Å². The number of carbonyl (C=O) groups excluding carboxylic acids is 1. The average molecular weight is 381 g/mol. The summed E-state index contributed by atoms with van der Waals surface area (Å²) >= 11 is 0. The Morgan fingerprint density at radius 3 is 2.50 bits per heavy atom. The first-order valence-electron chi connectivity index (χ1n) is 9.44. The molecular weight excluding hydrogens is 348 g/mol. The molecule has 0 unspecified atom stereocenters. The first kappa shape index (κ1) is 20.9. The average Bonchev–Trinajstić information content (AvgIpc) is 2.55. The summed E-state index contributed by atoms with van der Waals surface area (Å²) in [7, 11) is -3.11. The number of piperidine rings is 1. The molecule has 2 rings (SSSR count). The van der Waals surface area contributed by atoms with Crippen molar-refractivity contribution in [3.63, 3.8) is 0 Å². The molecule has 1 aliphatic heterocycles. The van der Waals surface area contributed by atoms with E-state index in [0.717, 1.165) is 19.0 Å². The molecule has 6 heteroatoms. The van der Waals surface area contributed by atoms with Gasteiger partial charge in [-0.15, -0.1) is 0 Å². The summed E-state index contributed by atoms with van der Waals surface area (Å²) in [6, 6.07) is 7.20. The van der Waals surface area contributed by atoms with E-state index in [-0.39, 0.29) is 11.7 Å². The topological polar surface area (TPSA) is 66.5 Å². The van der Waals surface area contributed by atoms with Gasteiger partial charge in [0.2, 0.25) is 0 Å². The highest BCUT2D eigenvalue weighted by Crippen LogP contribution is 2.21. The lowest BCUT2D eigenvalue weighted by molar-refractivity contribution is 0.0863. The molecule has 146 valence electrons. The van der Waals surface area contributed by atoms with Gasteiger partial charge < -0.3 is 5.32 Å². The molecule has 1 amide bonds. The van der Waals surface area contributed by atoms with E-state index in [0.29, 0.717) is 29.6 Å². The number of nitrogens with zero attached hydrogens (tertiary/aromatic N) is 1. The second-order valence-corrected chi connectivity index (χ2v) is 10.2. The quantitative estimate of drug-likeness (QED) is 0.790. The number of likely N-dealkylation sites (tertiary alicyclic amines) is 1. The summed E-state index contributed by atoms with van der Waals surface area (Å²) in [5.74, 6) is 1.05. The van der Waals surface area contributed by atoms with E-state index in [1.165, 1.54) is 19.1 Å². The van der Waals surface area contributed by atoms with Crippen LogP contribution in [0.5, 0.6) is 0 Å². The zero-order valence-corrected chi connectivity index (χ0v) is 17.2. The van der Waals surface area contributed by atoms with Crippen molar-refractivity contribution in [3.05, 3.63) is 35.4 Å². The third-order valence-electron chi connectivity index (χ3n) is 5.15. The largest absolute Gasteiger partial charge is 0.350 e. The number of carbonyl (C=O) groups is 1. The van der Waals surface area contributed by atoms with Crippen LogP contribution in [0.15, 0.2) is 24.3 Å². The normalized spacial score (nSPS) is 18.0. The minimum atomic E-state index is -3.11. The van der Waals surface area contributed by atoms with Gasteiger partial charge in [0, 0.05) is 24.4 Å². The van der Waals surface area contributed by atoms with Crippen LogP contribution in [0.3, 0.4) is 0 Å². The molecule has 0 aliphatic carbocycles. The van der Waals surface area contributed by atoms with Crippen LogP contribution in [0.2, 0.25) is 0 Å². The standard InChI is InChI=1S/C20H32N2O3S/c1-15(2)19(22-10-8-16(3)9-11-22)13-21-20(23)18-7-5-6-17(12-18)14-26(4,24)25/h5-7,12,15-16,19H,8-11,13-14H2,1-4H3,(H,21,23)/t19-/m1/s1. The van der Waals surface area contributed by atoms with Crippen LogP contribution in [0.4, 0.5) is 0 Å². The molecule has 1 aromatic rings. The first-order chi connectivity index (χ1) is 12.2. The third-order valence-corrected chi connectivity index (χ3v) is 6.00. The minimum absolute atomic E-state index is 0.0469. The highest BCUT2D eigenvalue weighted by molar-refractivity contribution is 7.89. The molecule has 1 atom stereocenters. The van der Waals surface area contributed by atoms with Gasteiger partial charge in [0.05, 0.1) is 5.75 Å². The Labute approximate surface area is 158 Å². The van der Waals surface area contributed by atoms with Crippen molar-refractivity contribution < 1.29 is 13.2 Å². The molecular formula is C20H32N2O3S. The van der Waals surface area contributed by atoms with E-state index in [9.17, 15) is 13.2 Å². The van der Waals surface area contributed by atoms with Gasteiger partial charge in [0.15, 0.2) is 9.84 Å². The van der Waals surface area contributed by atoms with Crippen LogP contribution in [0, 0.1) is 11.8 Å². The van der Waals surface area contributed by atoms with E-state index < -0.39 is 9.84 Å². The summed E-state index contributed by atoms with van der Waals surface area (Å²) in [6.45, 7) is 9.48. The molecule has 0 spiro atoms. The van der Waals surface area contributed by atoms with E-state index in [4.69, 9.17) is 0 Å². The van der Waals surface area contributed by atoms with Crippen LogP contribution in [-0.4, -0.2) is 51.2 Å². The number of amides is 1. The predicted octanol–water partition coefficient (Wildman–Crippen LogP) is 2.72. The molecule has 26 heavy (non-hydrogen) atoms. The molecule has 1 aromatic carbocycles. The number of hydrogen-bond donors (Lipinski definition) is 1. The lowest BCUT2D eigenvalue weighted by Crippen LogP contribution is -2.49. The molecule has 0 bridgehead atoms. The van der Waals surface area contributed by atoms with Crippen molar-refractivity contribution in [1.82, 2.24) is 10.2 Å². The summed E-state index contributed by atoms with van der Waals surface area (Å²) < 4.78 is 22.9. The molecule has 0 radical (unpaired) electrons. The summed E-state index contributed by atoms with van der Waals surface area (Å²) in [4.78, 5) is 15.0. The van der Waals surface area contributed by atoms with Crippen LogP contribution in [0.1, 0.15) is 49.5 Å². The molecule has 1 fully saturated rings. The maximum absolute atomic E-state index is 12.5. The molecule has 0 saturated carbocycles. The number of rotatable bonds is 7. The molecule has 1 N–H and O–H groups in total. The third kappa shape index (κ3) is 6.40. The second-order valence-electron chi connectivity index (χ2n) is 8.01. The SMILES string of the molecule is CC1CCN([C@H](CNC(=O)c2cccc(CS(C)(=O)=O)c2)C(C)C)CC1. The lowest BCUT2D eigenvalue weighted by Gasteiger charge is -2.38. The zero-order valence-electron chi connectivity index (χ0n) is 16.4. The van der Waals surface area contributed by atoms with Crippen LogP contribution < -0.4 is 5.32 Å². The minimum Gasteiger partial charge on any atom is -0.350 e. The number of nitrogens with one attached hydrogen (secondary N) is 1. The zero-order chi connectivity index (χ0) is 19.3. The fourth-order valence-corrected chi connectivity index (χ4v) is 4.34. The Morgan fingerprint density at radius 2 is 1.92 bits per heavy atom. The molecule has 1 aliphatic rings. The van der Waals surface area contributed by atoms with E-state index in [2.05, 4.69) is 31.0 Å². The van der Waals surface area contributed by atoms with Gasteiger partial charge in [-0.3, -0.25) is 9.69 Å². The number of benzene rings is 1. The van der Waals surface area contributed by atoms with Gasteiger partial charge >= 0.3 is 0 Å². The smallest absolute Gasteiger partial charge is 0.251 e. The van der Waals surface area contributed by atoms with Crippen molar-refractivity contribution in [3.8, 4) is 0 Å². The van der Waals surface area contributed by atoms with Crippen molar-refractivity contribution in [2.24, 2.45) is 11.8 Å². The Kier molecular flexibility index (Phi) is 7.24. The highest BCUT2D eigenvalue weighted by atomic mass is 32.2. The fourth-order valence-electron chi connectivity index (χ4n) is 3.55. The molecule has 1 heterocycles. The fraction of sp³-hybridized carbons (Fsp3) is 0.650. The summed E-state index contributed by atoms with van der Waals surface area (Å²) in [5.41, 5.74) is 1.16. The van der Waals surface area contributed by atoms with Crippen molar-refractivity contribution in [1.29, 1.82) is 0 Å². The van der Waals surface area contributed by atoms with Crippen LogP contribution >= 0.6 is 0 Å². The maximum Gasteiger partial charge on any atom is 0.251 e. The van der Waals surface area contributed by atoms with Gasteiger partial charge in [0.1, 0.15) is 0 Å². The Bertz CT molecular complexity index is 708. The van der Waals surface area contributed by atoms with Crippen LogP contribution in [-0.2, 0) is 15.6 Å². The summed E-state index contributed by atoms with van der Waals surface area (Å²) in [6.07, 6.45) is 3.63. The highest BCUT2D eigenvalue weighted by Gasteiger charge is 2.26. The van der Waals surface area contributed by atoms with E-state index in [1.807, 2.05) is 0 Å². The number of hydrogen-bond acceptors (Lipinski definition) is 4. The van der Waals surface area contributed by atoms with E-state index in [1.54, 1.807) is 24.3 Å². The van der Waals surface area contributed by atoms with Gasteiger partial charge in [-0.05, 0) is 55.5 Å². The summed E-state index contributed by atoms with van der Waals surface area (Å²) in [5, 5.41) is 3.05. The lowest BCUT2D eigenvalue weighted by atomic mass is 9.94. The van der Waals surface area contributed by atoms with Crippen molar-refractivity contribution in [2.45, 2.75) is 45.4 Å². The number of sulfone groups is 1. The Balaban J connectivity index is 1.98.